The lowest BCUT2D eigenvalue weighted by Crippen LogP contribution is -2.23. The van der Waals surface area contributed by atoms with E-state index in [0.717, 1.165) is 29.1 Å². The summed E-state index contributed by atoms with van der Waals surface area (Å²) in [5, 5.41) is 9.22. The third-order valence-electron chi connectivity index (χ3n) is 4.67. The van der Waals surface area contributed by atoms with E-state index in [-0.39, 0.29) is 5.92 Å². The molecule has 4 rings (SSSR count). The molecule has 3 heterocycles. The van der Waals surface area contributed by atoms with Gasteiger partial charge in [-0.25, -0.2) is 4.98 Å². The second-order valence-corrected chi connectivity index (χ2v) is 6.26. The van der Waals surface area contributed by atoms with Crippen LogP contribution in [-0.4, -0.2) is 38.4 Å². The molecule has 0 aliphatic carbocycles. The Balaban J connectivity index is 1.72. The molecule has 122 valence electrons. The lowest BCUT2D eigenvalue weighted by atomic mass is 10.1. The first-order valence-corrected chi connectivity index (χ1v) is 8.19. The molecule has 3 aromatic rings. The van der Waals surface area contributed by atoms with Crippen LogP contribution in [0.4, 0.5) is 0 Å². The van der Waals surface area contributed by atoms with Crippen molar-refractivity contribution in [1.29, 1.82) is 0 Å². The van der Waals surface area contributed by atoms with Gasteiger partial charge >= 0.3 is 5.97 Å². The zero-order valence-electron chi connectivity index (χ0n) is 13.3. The highest BCUT2D eigenvalue weighted by atomic mass is 16.4. The molecule has 0 bridgehead atoms. The normalized spacial score (nSPS) is 18.2. The Labute approximate surface area is 140 Å². The second-order valence-electron chi connectivity index (χ2n) is 6.26. The largest absolute Gasteiger partial charge is 0.481 e. The third-order valence-corrected chi connectivity index (χ3v) is 4.67. The standard InChI is InChI=1S/C19H19N3O2/c23-19(24)15-9-11-21(12-15)13-16-18(14-6-2-1-3-7-14)20-17-8-4-5-10-22(16)17/h1-8,10,15H,9,11-13H2,(H,23,24). The van der Waals surface area contributed by atoms with Crippen molar-refractivity contribution in [3.05, 3.63) is 60.4 Å². The molecule has 0 spiro atoms. The number of nitrogens with zero attached hydrogens (tertiary/aromatic N) is 3. The molecule has 0 radical (unpaired) electrons. The fraction of sp³-hybridized carbons (Fsp3) is 0.263. The van der Waals surface area contributed by atoms with E-state index in [9.17, 15) is 9.90 Å². The summed E-state index contributed by atoms with van der Waals surface area (Å²) in [5.41, 5.74) is 4.09. The van der Waals surface area contributed by atoms with Crippen LogP contribution in [0.25, 0.3) is 16.9 Å². The summed E-state index contributed by atoms with van der Waals surface area (Å²) >= 11 is 0. The van der Waals surface area contributed by atoms with E-state index in [1.165, 1.54) is 0 Å². The van der Waals surface area contributed by atoms with Crippen LogP contribution >= 0.6 is 0 Å². The minimum atomic E-state index is -0.695. The first-order chi connectivity index (χ1) is 11.7. The van der Waals surface area contributed by atoms with Gasteiger partial charge in [0.05, 0.1) is 17.3 Å². The van der Waals surface area contributed by atoms with Crippen molar-refractivity contribution in [3.8, 4) is 11.3 Å². The van der Waals surface area contributed by atoms with Crippen molar-refractivity contribution in [2.24, 2.45) is 5.92 Å². The summed E-state index contributed by atoms with van der Waals surface area (Å²) in [4.78, 5) is 18.2. The van der Waals surface area contributed by atoms with Gasteiger partial charge in [0.25, 0.3) is 0 Å². The van der Waals surface area contributed by atoms with Crippen LogP contribution in [0, 0.1) is 5.92 Å². The van der Waals surface area contributed by atoms with Crippen molar-refractivity contribution < 1.29 is 9.90 Å². The van der Waals surface area contributed by atoms with Crippen LogP contribution in [0.1, 0.15) is 12.1 Å². The number of carboxylic acid groups (broad SMARTS) is 1. The fourth-order valence-corrected chi connectivity index (χ4v) is 3.41. The molecule has 1 unspecified atom stereocenters. The van der Waals surface area contributed by atoms with Gasteiger partial charge in [0.15, 0.2) is 0 Å². The zero-order valence-corrected chi connectivity index (χ0v) is 13.3. The van der Waals surface area contributed by atoms with Gasteiger partial charge < -0.3 is 9.51 Å². The Morgan fingerprint density at radius 1 is 1.17 bits per heavy atom. The number of hydrogen-bond acceptors (Lipinski definition) is 3. The van der Waals surface area contributed by atoms with Crippen LogP contribution in [0.3, 0.4) is 0 Å². The van der Waals surface area contributed by atoms with Crippen LogP contribution in [0.5, 0.6) is 0 Å². The quantitative estimate of drug-likeness (QED) is 0.803. The van der Waals surface area contributed by atoms with E-state index in [1.807, 2.05) is 42.6 Å². The Bertz CT molecular complexity index is 873. The van der Waals surface area contributed by atoms with Crippen molar-refractivity contribution >= 4 is 11.6 Å². The molecule has 1 fully saturated rings. The van der Waals surface area contributed by atoms with Gasteiger partial charge in [-0.1, -0.05) is 36.4 Å². The molecular formula is C19H19N3O2. The highest BCUT2D eigenvalue weighted by Crippen LogP contribution is 2.27. The van der Waals surface area contributed by atoms with E-state index in [4.69, 9.17) is 4.98 Å². The zero-order chi connectivity index (χ0) is 16.5. The number of benzene rings is 1. The molecule has 5 nitrogen and oxygen atoms in total. The highest BCUT2D eigenvalue weighted by Gasteiger charge is 2.29. The lowest BCUT2D eigenvalue weighted by molar-refractivity contribution is -0.141. The van der Waals surface area contributed by atoms with Crippen molar-refractivity contribution in [3.63, 3.8) is 0 Å². The number of aliphatic carboxylic acids is 1. The highest BCUT2D eigenvalue weighted by molar-refractivity contribution is 5.70. The third kappa shape index (κ3) is 2.67. The molecule has 1 aromatic carbocycles. The number of pyridine rings is 1. The number of carboxylic acids is 1. The summed E-state index contributed by atoms with van der Waals surface area (Å²) in [6, 6.07) is 16.1. The molecule has 1 N–H and O–H groups in total. The van der Waals surface area contributed by atoms with E-state index in [2.05, 4.69) is 21.4 Å². The molecule has 0 amide bonds. The summed E-state index contributed by atoms with van der Waals surface area (Å²) in [6.07, 6.45) is 2.74. The average Bonchev–Trinajstić information content (AvgIpc) is 3.22. The maximum Gasteiger partial charge on any atom is 0.307 e. The number of fused-ring (bicyclic) bond motifs is 1. The van der Waals surface area contributed by atoms with E-state index in [0.29, 0.717) is 19.5 Å². The van der Waals surface area contributed by atoms with Gasteiger partial charge in [-0.05, 0) is 25.1 Å². The minimum absolute atomic E-state index is 0.260. The number of hydrogen-bond donors (Lipinski definition) is 1. The molecule has 1 aliphatic rings. The summed E-state index contributed by atoms with van der Waals surface area (Å²) in [7, 11) is 0. The average molecular weight is 321 g/mol. The molecule has 0 saturated carbocycles. The first kappa shape index (κ1) is 14.9. The van der Waals surface area contributed by atoms with E-state index < -0.39 is 5.97 Å². The van der Waals surface area contributed by atoms with Crippen LogP contribution in [0.2, 0.25) is 0 Å². The van der Waals surface area contributed by atoms with Gasteiger partial charge in [-0.15, -0.1) is 0 Å². The van der Waals surface area contributed by atoms with Gasteiger partial charge in [-0.3, -0.25) is 9.69 Å². The number of imidazole rings is 1. The van der Waals surface area contributed by atoms with Gasteiger partial charge in [-0.2, -0.15) is 0 Å². The molecule has 24 heavy (non-hydrogen) atoms. The number of aromatic nitrogens is 2. The fourth-order valence-electron chi connectivity index (χ4n) is 3.41. The van der Waals surface area contributed by atoms with Crippen LogP contribution in [-0.2, 0) is 11.3 Å². The topological polar surface area (TPSA) is 57.8 Å². The number of carbonyl (C=O) groups is 1. The Kier molecular flexibility index (Phi) is 3.78. The first-order valence-electron chi connectivity index (χ1n) is 8.19. The summed E-state index contributed by atoms with van der Waals surface area (Å²) < 4.78 is 2.11. The predicted molar refractivity (Wildman–Crippen MR) is 91.6 cm³/mol. The monoisotopic (exact) mass is 321 g/mol. The van der Waals surface area contributed by atoms with Gasteiger partial charge in [0.1, 0.15) is 5.65 Å². The minimum Gasteiger partial charge on any atom is -0.481 e. The van der Waals surface area contributed by atoms with E-state index in [1.54, 1.807) is 0 Å². The van der Waals surface area contributed by atoms with Gasteiger partial charge in [0, 0.05) is 24.8 Å². The smallest absolute Gasteiger partial charge is 0.307 e. The number of likely N-dealkylation sites (tertiary alicyclic amines) is 1. The molecule has 2 aromatic heterocycles. The molecule has 5 heteroatoms. The second kappa shape index (κ2) is 6.09. The van der Waals surface area contributed by atoms with Crippen molar-refractivity contribution in [1.82, 2.24) is 14.3 Å². The maximum absolute atomic E-state index is 11.2. The Morgan fingerprint density at radius 3 is 2.71 bits per heavy atom. The Morgan fingerprint density at radius 2 is 1.96 bits per heavy atom. The van der Waals surface area contributed by atoms with Crippen LogP contribution in [0.15, 0.2) is 54.7 Å². The van der Waals surface area contributed by atoms with Crippen LogP contribution < -0.4 is 0 Å². The Hall–Kier alpha value is -2.66. The molecule has 1 saturated heterocycles. The van der Waals surface area contributed by atoms with Crippen molar-refractivity contribution in [2.45, 2.75) is 13.0 Å². The van der Waals surface area contributed by atoms with Gasteiger partial charge in [0.2, 0.25) is 0 Å². The number of rotatable bonds is 4. The predicted octanol–water partition coefficient (Wildman–Crippen LogP) is 2.91. The molecule has 1 aliphatic heterocycles. The van der Waals surface area contributed by atoms with Crippen molar-refractivity contribution in [2.75, 3.05) is 13.1 Å². The maximum atomic E-state index is 11.2. The SMILES string of the molecule is O=C(O)C1CCN(Cc2c(-c3ccccc3)nc3ccccn23)C1. The molecular weight excluding hydrogens is 302 g/mol. The van der Waals surface area contributed by atoms with E-state index >= 15 is 0 Å². The lowest BCUT2D eigenvalue weighted by Gasteiger charge is -2.16. The summed E-state index contributed by atoms with van der Waals surface area (Å²) in [5.74, 6) is -0.955. The summed E-state index contributed by atoms with van der Waals surface area (Å²) in [6.45, 7) is 2.12. The molecule has 1 atom stereocenters.